The van der Waals surface area contributed by atoms with E-state index in [9.17, 15) is 14.7 Å². The van der Waals surface area contributed by atoms with Gasteiger partial charge in [-0.2, -0.15) is 0 Å². The van der Waals surface area contributed by atoms with Crippen LogP contribution in [0.15, 0.2) is 0 Å². The molecule has 0 aliphatic carbocycles. The highest BCUT2D eigenvalue weighted by Gasteiger charge is 2.35. The van der Waals surface area contributed by atoms with Gasteiger partial charge in [-0.05, 0) is 0 Å². The Hall–Kier alpha value is -1.14. The van der Waals surface area contributed by atoms with E-state index in [1.54, 1.807) is 0 Å². The van der Waals surface area contributed by atoms with Crippen molar-refractivity contribution in [1.82, 2.24) is 4.90 Å². The van der Waals surface area contributed by atoms with Crippen molar-refractivity contribution in [1.29, 1.82) is 0 Å². The Labute approximate surface area is 74.4 Å². The Balaban J connectivity index is 2.51. The largest absolute Gasteiger partial charge is 0.481 e. The van der Waals surface area contributed by atoms with Gasteiger partial charge in [0.15, 0.2) is 0 Å². The van der Waals surface area contributed by atoms with E-state index in [1.165, 1.54) is 4.90 Å². The summed E-state index contributed by atoms with van der Waals surface area (Å²) in [6.07, 6.45) is -0.847. The van der Waals surface area contributed by atoms with Crippen LogP contribution in [0.5, 0.6) is 0 Å². The van der Waals surface area contributed by atoms with Crippen LogP contribution < -0.4 is 0 Å². The molecule has 6 heteroatoms. The molecule has 0 aromatic heterocycles. The quantitative estimate of drug-likeness (QED) is 0.515. The summed E-state index contributed by atoms with van der Waals surface area (Å²) in [5.74, 6) is -2.72. The fraction of sp³-hybridized carbons (Fsp3) is 0.714. The Morgan fingerprint density at radius 2 is 2.00 bits per heavy atom. The minimum Gasteiger partial charge on any atom is -0.481 e. The summed E-state index contributed by atoms with van der Waals surface area (Å²) < 4.78 is 0. The fourth-order valence-electron chi connectivity index (χ4n) is 1.41. The third-order valence-electron chi connectivity index (χ3n) is 2.06. The molecule has 1 rings (SSSR count). The van der Waals surface area contributed by atoms with Gasteiger partial charge >= 0.3 is 11.9 Å². The monoisotopic (exact) mass is 189 g/mol. The van der Waals surface area contributed by atoms with Gasteiger partial charge in [0.1, 0.15) is 6.23 Å². The van der Waals surface area contributed by atoms with Gasteiger partial charge in [-0.1, -0.05) is 0 Å². The number of hydrogen-bond acceptors (Lipinski definition) is 4. The van der Waals surface area contributed by atoms with Gasteiger partial charge in [0, 0.05) is 13.0 Å². The van der Waals surface area contributed by atoms with Crippen LogP contribution in [-0.2, 0) is 9.59 Å². The molecule has 0 aromatic rings. The minimum atomic E-state index is -1.06. The van der Waals surface area contributed by atoms with Gasteiger partial charge in [-0.25, -0.2) is 0 Å². The van der Waals surface area contributed by atoms with E-state index in [1.807, 2.05) is 0 Å². The maximum Gasteiger partial charge on any atom is 0.317 e. The normalized spacial score (nSPS) is 29.0. The first-order chi connectivity index (χ1) is 6.00. The van der Waals surface area contributed by atoms with Crippen LogP contribution in [0.3, 0.4) is 0 Å². The van der Waals surface area contributed by atoms with Crippen molar-refractivity contribution in [2.24, 2.45) is 5.92 Å². The molecule has 1 heterocycles. The number of carboxylic acids is 2. The molecule has 0 aromatic carbocycles. The first-order valence-corrected chi connectivity index (χ1v) is 3.87. The Kier molecular flexibility index (Phi) is 2.84. The van der Waals surface area contributed by atoms with E-state index in [0.717, 1.165) is 0 Å². The van der Waals surface area contributed by atoms with Gasteiger partial charge < -0.3 is 15.3 Å². The Morgan fingerprint density at radius 3 is 2.38 bits per heavy atom. The zero-order valence-electron chi connectivity index (χ0n) is 6.88. The number of rotatable bonds is 3. The molecule has 13 heavy (non-hydrogen) atoms. The molecule has 2 unspecified atom stereocenters. The van der Waals surface area contributed by atoms with E-state index >= 15 is 0 Å². The van der Waals surface area contributed by atoms with Crippen LogP contribution >= 0.6 is 0 Å². The lowest BCUT2D eigenvalue weighted by Gasteiger charge is -2.16. The number of carbonyl (C=O) groups is 2. The zero-order valence-corrected chi connectivity index (χ0v) is 6.88. The van der Waals surface area contributed by atoms with Crippen LogP contribution in [0, 0.1) is 5.92 Å². The van der Waals surface area contributed by atoms with Crippen LogP contribution in [0.25, 0.3) is 0 Å². The number of nitrogens with zero attached hydrogens (tertiary/aromatic N) is 1. The summed E-state index contributed by atoms with van der Waals surface area (Å²) in [6, 6.07) is 0. The molecule has 0 amide bonds. The van der Waals surface area contributed by atoms with Gasteiger partial charge in [0.25, 0.3) is 0 Å². The zero-order chi connectivity index (χ0) is 10.0. The molecule has 1 aliphatic heterocycles. The molecule has 0 radical (unpaired) electrons. The number of aliphatic carboxylic acids is 2. The highest BCUT2D eigenvalue weighted by molar-refractivity contribution is 5.72. The first kappa shape index (κ1) is 9.94. The fourth-order valence-corrected chi connectivity index (χ4v) is 1.41. The van der Waals surface area contributed by atoms with E-state index in [0.29, 0.717) is 0 Å². The second kappa shape index (κ2) is 3.71. The molecule has 3 N–H and O–H groups in total. The lowest BCUT2D eigenvalue weighted by molar-refractivity contribution is -0.142. The number of aliphatic hydroxyl groups excluding tert-OH is 1. The Bertz CT molecular complexity index is 229. The van der Waals surface area contributed by atoms with E-state index in [2.05, 4.69) is 0 Å². The van der Waals surface area contributed by atoms with E-state index in [4.69, 9.17) is 10.2 Å². The van der Waals surface area contributed by atoms with Crippen molar-refractivity contribution in [3.05, 3.63) is 0 Å². The van der Waals surface area contributed by atoms with Crippen LogP contribution in [0.1, 0.15) is 6.42 Å². The third-order valence-corrected chi connectivity index (χ3v) is 2.06. The molecule has 2 atom stereocenters. The maximum atomic E-state index is 10.5. The maximum absolute atomic E-state index is 10.5. The predicted molar refractivity (Wildman–Crippen MR) is 41.0 cm³/mol. The van der Waals surface area contributed by atoms with Gasteiger partial charge in [0.05, 0.1) is 12.5 Å². The molecule has 0 bridgehead atoms. The summed E-state index contributed by atoms with van der Waals surface area (Å²) in [7, 11) is 0. The molecule has 0 spiro atoms. The minimum absolute atomic E-state index is 0.0998. The van der Waals surface area contributed by atoms with Crippen molar-refractivity contribution >= 4 is 11.9 Å². The van der Waals surface area contributed by atoms with Gasteiger partial charge in [0.2, 0.25) is 0 Å². The topological polar surface area (TPSA) is 98.1 Å². The molecule has 6 nitrogen and oxygen atoms in total. The summed E-state index contributed by atoms with van der Waals surface area (Å²) in [4.78, 5) is 22.0. The Morgan fingerprint density at radius 1 is 1.38 bits per heavy atom. The molecule has 1 saturated heterocycles. The number of carboxylic acid groups (broad SMARTS) is 2. The van der Waals surface area contributed by atoms with Crippen molar-refractivity contribution in [2.75, 3.05) is 13.1 Å². The lowest BCUT2D eigenvalue weighted by atomic mass is 10.1. The smallest absolute Gasteiger partial charge is 0.317 e. The van der Waals surface area contributed by atoms with Crippen molar-refractivity contribution in [3.8, 4) is 0 Å². The number of aliphatic hydroxyl groups is 1. The molecule has 1 aliphatic rings. The summed E-state index contributed by atoms with van der Waals surface area (Å²) in [5.41, 5.74) is 0. The molecular formula is C7H11NO5. The highest BCUT2D eigenvalue weighted by Crippen LogP contribution is 2.20. The van der Waals surface area contributed by atoms with Crippen molar-refractivity contribution < 1.29 is 24.9 Å². The first-order valence-electron chi connectivity index (χ1n) is 3.87. The molecule has 1 fully saturated rings. The van der Waals surface area contributed by atoms with Crippen LogP contribution in [0.4, 0.5) is 0 Å². The van der Waals surface area contributed by atoms with Crippen molar-refractivity contribution in [3.63, 3.8) is 0 Å². The molecule has 0 saturated carbocycles. The average Bonchev–Trinajstić information content (AvgIpc) is 2.31. The second-order valence-electron chi connectivity index (χ2n) is 3.07. The second-order valence-corrected chi connectivity index (χ2v) is 3.07. The third kappa shape index (κ3) is 2.40. The number of hydrogen-bond donors (Lipinski definition) is 3. The summed E-state index contributed by atoms with van der Waals surface area (Å²) in [6.45, 7) is -0.215. The number of likely N-dealkylation sites (tertiary alicyclic amines) is 1. The predicted octanol–water partition coefficient (Wildman–Crippen LogP) is -1.20. The average molecular weight is 189 g/mol. The van der Waals surface area contributed by atoms with Gasteiger partial charge in [-0.15, -0.1) is 0 Å². The summed E-state index contributed by atoms with van der Waals surface area (Å²) in [5, 5.41) is 26.3. The highest BCUT2D eigenvalue weighted by atomic mass is 16.4. The van der Waals surface area contributed by atoms with Crippen LogP contribution in [0.2, 0.25) is 0 Å². The van der Waals surface area contributed by atoms with E-state index in [-0.39, 0.29) is 19.5 Å². The molecule has 74 valence electrons. The standard InChI is InChI=1S/C7H11NO5/c9-5-1-4(7(12)13)2-8(5)3-6(10)11/h4-5,9H,1-3H2,(H,10,11)(H,12,13). The molecular weight excluding hydrogens is 178 g/mol. The van der Waals surface area contributed by atoms with Crippen LogP contribution in [-0.4, -0.2) is 51.5 Å². The van der Waals surface area contributed by atoms with E-state index < -0.39 is 24.1 Å². The van der Waals surface area contributed by atoms with Gasteiger partial charge in [-0.3, -0.25) is 14.5 Å². The SMILES string of the molecule is O=C(O)CN1CC(C(=O)O)CC1O. The summed E-state index contributed by atoms with van der Waals surface area (Å²) >= 11 is 0. The van der Waals surface area contributed by atoms with Crippen molar-refractivity contribution in [2.45, 2.75) is 12.6 Å². The lowest BCUT2D eigenvalue weighted by Crippen LogP contribution is -2.34.